The maximum absolute atomic E-state index is 13.2. The molecule has 2 heterocycles. The third-order valence-corrected chi connectivity index (χ3v) is 5.62. The number of amides is 1. The lowest BCUT2D eigenvalue weighted by Crippen LogP contribution is -2.42. The third kappa shape index (κ3) is 4.26. The van der Waals surface area contributed by atoms with Crippen molar-refractivity contribution < 1.29 is 13.9 Å². The average molecular weight is 395 g/mol. The summed E-state index contributed by atoms with van der Waals surface area (Å²) in [7, 11) is 0. The van der Waals surface area contributed by atoms with Crippen LogP contribution in [-0.4, -0.2) is 47.3 Å². The quantitative estimate of drug-likeness (QED) is 0.613. The van der Waals surface area contributed by atoms with Gasteiger partial charge in [0.1, 0.15) is 5.25 Å². The fraction of sp³-hybridized carbons (Fsp3) is 0.286. The minimum atomic E-state index is -0.440. The number of morpholine rings is 1. The Bertz CT molecular complexity index is 939. The van der Waals surface area contributed by atoms with Crippen LogP contribution in [0.1, 0.15) is 16.4 Å². The highest BCUT2D eigenvalue weighted by atomic mass is 32.2. The Hall–Kier alpha value is -2.64. The second kappa shape index (κ2) is 8.58. The van der Waals surface area contributed by atoms with Gasteiger partial charge in [0, 0.05) is 18.7 Å². The van der Waals surface area contributed by atoms with Crippen LogP contribution in [0.3, 0.4) is 0 Å². The van der Waals surface area contributed by atoms with Crippen molar-refractivity contribution in [1.29, 1.82) is 0 Å². The second-order valence-corrected chi connectivity index (χ2v) is 7.65. The van der Waals surface area contributed by atoms with Gasteiger partial charge in [0.15, 0.2) is 0 Å². The van der Waals surface area contributed by atoms with Gasteiger partial charge in [0.05, 0.1) is 13.2 Å². The molecular weight excluding hydrogens is 374 g/mol. The first kappa shape index (κ1) is 18.7. The molecule has 28 heavy (non-hydrogen) atoms. The second-order valence-electron chi connectivity index (χ2n) is 6.59. The smallest absolute Gasteiger partial charge is 0.277 e. The summed E-state index contributed by atoms with van der Waals surface area (Å²) in [6, 6.07) is 17.6. The van der Waals surface area contributed by atoms with E-state index in [-0.39, 0.29) is 5.91 Å². The molecule has 1 aliphatic heterocycles. The van der Waals surface area contributed by atoms with E-state index in [1.165, 1.54) is 11.8 Å². The van der Waals surface area contributed by atoms with Crippen LogP contribution in [-0.2, 0) is 9.53 Å². The summed E-state index contributed by atoms with van der Waals surface area (Å²) in [5, 5.41) is 8.27. The molecule has 1 aliphatic rings. The number of hydrogen-bond acceptors (Lipinski definition) is 6. The first-order valence-electron chi connectivity index (χ1n) is 9.19. The van der Waals surface area contributed by atoms with Crippen molar-refractivity contribution in [1.82, 2.24) is 15.1 Å². The molecule has 0 bridgehead atoms. The van der Waals surface area contributed by atoms with E-state index in [0.29, 0.717) is 37.4 Å². The van der Waals surface area contributed by atoms with Crippen LogP contribution in [0.4, 0.5) is 0 Å². The van der Waals surface area contributed by atoms with Crippen molar-refractivity contribution in [3.63, 3.8) is 0 Å². The van der Waals surface area contributed by atoms with Gasteiger partial charge in [-0.3, -0.25) is 4.79 Å². The molecule has 6 nitrogen and oxygen atoms in total. The molecule has 3 aromatic rings. The summed E-state index contributed by atoms with van der Waals surface area (Å²) in [4.78, 5) is 15.0. The Morgan fingerprint density at radius 2 is 1.86 bits per heavy atom. The van der Waals surface area contributed by atoms with Crippen molar-refractivity contribution in [2.45, 2.75) is 17.4 Å². The van der Waals surface area contributed by atoms with Crippen LogP contribution in [0.5, 0.6) is 0 Å². The lowest BCUT2D eigenvalue weighted by Gasteiger charge is -2.29. The van der Waals surface area contributed by atoms with E-state index in [1.807, 2.05) is 66.4 Å². The Labute approximate surface area is 167 Å². The van der Waals surface area contributed by atoms with Gasteiger partial charge in [-0.15, -0.1) is 10.2 Å². The van der Waals surface area contributed by atoms with E-state index in [9.17, 15) is 4.79 Å². The number of nitrogens with zero attached hydrogens (tertiary/aromatic N) is 3. The van der Waals surface area contributed by atoms with Gasteiger partial charge in [0.2, 0.25) is 11.8 Å². The molecule has 1 fully saturated rings. The predicted octanol–water partition coefficient (Wildman–Crippen LogP) is 3.74. The Kier molecular flexibility index (Phi) is 5.73. The van der Waals surface area contributed by atoms with Crippen LogP contribution >= 0.6 is 11.8 Å². The Morgan fingerprint density at radius 3 is 2.61 bits per heavy atom. The van der Waals surface area contributed by atoms with E-state index in [1.54, 1.807) is 0 Å². The number of hydrogen-bond donors (Lipinski definition) is 0. The van der Waals surface area contributed by atoms with Gasteiger partial charge in [-0.2, -0.15) is 0 Å². The molecule has 1 aromatic heterocycles. The molecule has 0 aliphatic carbocycles. The molecule has 4 rings (SSSR count). The highest BCUT2D eigenvalue weighted by Crippen LogP contribution is 2.37. The normalized spacial score (nSPS) is 15.4. The fourth-order valence-corrected chi connectivity index (χ4v) is 4.05. The molecule has 1 saturated heterocycles. The van der Waals surface area contributed by atoms with Crippen LogP contribution in [0, 0.1) is 6.92 Å². The van der Waals surface area contributed by atoms with Crippen molar-refractivity contribution >= 4 is 17.7 Å². The first-order chi connectivity index (χ1) is 13.7. The fourth-order valence-electron chi connectivity index (χ4n) is 3.09. The van der Waals surface area contributed by atoms with Crippen molar-refractivity contribution in [2.24, 2.45) is 0 Å². The van der Waals surface area contributed by atoms with Gasteiger partial charge in [0.25, 0.3) is 5.22 Å². The predicted molar refractivity (Wildman–Crippen MR) is 107 cm³/mol. The van der Waals surface area contributed by atoms with Crippen LogP contribution in [0.25, 0.3) is 11.5 Å². The lowest BCUT2D eigenvalue weighted by molar-refractivity contribution is -0.134. The molecule has 7 heteroatoms. The Balaban J connectivity index is 1.58. The first-order valence-corrected chi connectivity index (χ1v) is 10.1. The van der Waals surface area contributed by atoms with Crippen molar-refractivity contribution in [2.75, 3.05) is 26.3 Å². The van der Waals surface area contributed by atoms with Crippen molar-refractivity contribution in [3.8, 4) is 11.5 Å². The zero-order chi connectivity index (χ0) is 19.3. The molecule has 0 spiro atoms. The number of rotatable bonds is 5. The number of benzene rings is 2. The summed E-state index contributed by atoms with van der Waals surface area (Å²) in [5.41, 5.74) is 2.91. The van der Waals surface area contributed by atoms with Crippen LogP contribution < -0.4 is 0 Å². The molecule has 1 atom stereocenters. The van der Waals surface area contributed by atoms with Gasteiger partial charge >= 0.3 is 0 Å². The zero-order valence-electron chi connectivity index (χ0n) is 15.6. The summed E-state index contributed by atoms with van der Waals surface area (Å²) in [6.07, 6.45) is 0. The summed E-state index contributed by atoms with van der Waals surface area (Å²) in [6.45, 7) is 4.34. The number of thioether (sulfide) groups is 1. The van der Waals surface area contributed by atoms with E-state index >= 15 is 0 Å². The number of aryl methyl sites for hydroxylation is 1. The van der Waals surface area contributed by atoms with E-state index < -0.39 is 5.25 Å². The largest absolute Gasteiger partial charge is 0.411 e. The zero-order valence-corrected chi connectivity index (χ0v) is 16.4. The summed E-state index contributed by atoms with van der Waals surface area (Å²) in [5.74, 6) is 0.492. The third-order valence-electron chi connectivity index (χ3n) is 4.54. The molecule has 0 saturated carbocycles. The maximum atomic E-state index is 13.2. The highest BCUT2D eigenvalue weighted by molar-refractivity contribution is 8.00. The van der Waals surface area contributed by atoms with E-state index in [4.69, 9.17) is 9.15 Å². The monoisotopic (exact) mass is 395 g/mol. The number of aromatic nitrogens is 2. The number of carbonyl (C=O) groups is 1. The number of carbonyl (C=O) groups excluding carboxylic acids is 1. The number of ether oxygens (including phenoxy) is 1. The standard InChI is InChI=1S/C21H21N3O3S/c1-15-6-5-9-17(14-15)19-22-23-21(27-19)28-18(16-7-3-2-4-8-16)20(25)24-10-12-26-13-11-24/h2-9,14,18H,10-13H2,1H3/t18-/m0/s1. The van der Waals surface area contributed by atoms with Gasteiger partial charge in [-0.05, 0) is 36.4 Å². The lowest BCUT2D eigenvalue weighted by atomic mass is 10.1. The molecule has 0 unspecified atom stereocenters. The van der Waals surface area contributed by atoms with Gasteiger partial charge < -0.3 is 14.1 Å². The molecule has 1 amide bonds. The minimum absolute atomic E-state index is 0.0369. The molecule has 144 valence electrons. The molecule has 2 aromatic carbocycles. The van der Waals surface area contributed by atoms with Gasteiger partial charge in [-0.1, -0.05) is 48.0 Å². The SMILES string of the molecule is Cc1cccc(-c2nnc(S[C@H](C(=O)N3CCOCC3)c3ccccc3)o2)c1. The average Bonchev–Trinajstić information content (AvgIpc) is 3.22. The maximum Gasteiger partial charge on any atom is 0.277 e. The highest BCUT2D eigenvalue weighted by Gasteiger charge is 2.30. The topological polar surface area (TPSA) is 68.5 Å². The van der Waals surface area contributed by atoms with E-state index in [2.05, 4.69) is 10.2 Å². The van der Waals surface area contributed by atoms with Crippen LogP contribution in [0.15, 0.2) is 64.2 Å². The minimum Gasteiger partial charge on any atom is -0.411 e. The van der Waals surface area contributed by atoms with Crippen molar-refractivity contribution in [3.05, 3.63) is 65.7 Å². The van der Waals surface area contributed by atoms with Gasteiger partial charge in [-0.25, -0.2) is 0 Å². The Morgan fingerprint density at radius 1 is 1.07 bits per heavy atom. The molecule has 0 N–H and O–H groups in total. The molecule has 0 radical (unpaired) electrons. The van der Waals surface area contributed by atoms with E-state index in [0.717, 1.165) is 16.7 Å². The summed E-state index contributed by atoms with van der Waals surface area (Å²) >= 11 is 1.29. The molecular formula is C21H21N3O3S. The summed E-state index contributed by atoms with van der Waals surface area (Å²) < 4.78 is 11.2. The van der Waals surface area contributed by atoms with Crippen LogP contribution in [0.2, 0.25) is 0 Å².